The molecule has 110 valence electrons. The second-order valence-electron chi connectivity index (χ2n) is 4.59. The number of nitrogens with zero attached hydrogens (tertiary/aromatic N) is 2. The van der Waals surface area contributed by atoms with Gasteiger partial charge in [0, 0.05) is 17.7 Å². The molecule has 0 aliphatic heterocycles. The third-order valence-corrected chi connectivity index (χ3v) is 3.12. The van der Waals surface area contributed by atoms with Crippen molar-refractivity contribution in [3.05, 3.63) is 44.0 Å². The predicted octanol–water partition coefficient (Wildman–Crippen LogP) is 2.82. The standard InChI is InChI=1S/C13H19N3O4/c1-3-7-14-11(4-2)8-10-5-6-12(15(17)18)9-13(10)16(19)20/h5-6,9,11,14H,3-4,7-8H2,1-2H3. The maximum absolute atomic E-state index is 11.0. The molecule has 0 bridgehead atoms. The molecule has 0 aliphatic rings. The van der Waals surface area contributed by atoms with Crippen LogP contribution in [0.1, 0.15) is 32.3 Å². The Morgan fingerprint density at radius 2 is 1.90 bits per heavy atom. The lowest BCUT2D eigenvalue weighted by Gasteiger charge is -2.16. The molecule has 7 heteroatoms. The van der Waals surface area contributed by atoms with Crippen molar-refractivity contribution in [1.29, 1.82) is 0 Å². The lowest BCUT2D eigenvalue weighted by atomic mass is 10.0. The van der Waals surface area contributed by atoms with E-state index in [0.717, 1.165) is 25.5 Å². The number of benzene rings is 1. The molecular formula is C13H19N3O4. The van der Waals surface area contributed by atoms with E-state index in [0.29, 0.717) is 12.0 Å². The highest BCUT2D eigenvalue weighted by molar-refractivity contribution is 5.49. The van der Waals surface area contributed by atoms with Crippen LogP contribution in [0.25, 0.3) is 0 Å². The number of nitro benzene ring substituents is 2. The Balaban J connectivity index is 2.98. The van der Waals surface area contributed by atoms with Crippen LogP contribution in [0.5, 0.6) is 0 Å². The van der Waals surface area contributed by atoms with Gasteiger partial charge >= 0.3 is 0 Å². The average molecular weight is 281 g/mol. The number of hydrogen-bond acceptors (Lipinski definition) is 5. The van der Waals surface area contributed by atoms with Gasteiger partial charge < -0.3 is 5.32 Å². The van der Waals surface area contributed by atoms with Gasteiger partial charge in [0.05, 0.1) is 15.9 Å². The van der Waals surface area contributed by atoms with E-state index in [1.807, 2.05) is 13.8 Å². The summed E-state index contributed by atoms with van der Waals surface area (Å²) in [6, 6.07) is 3.96. The smallest absolute Gasteiger partial charge is 0.279 e. The Hall–Kier alpha value is -2.02. The maximum atomic E-state index is 11.0. The first-order valence-electron chi connectivity index (χ1n) is 6.64. The average Bonchev–Trinajstić information content (AvgIpc) is 2.43. The van der Waals surface area contributed by atoms with Gasteiger partial charge in [0.15, 0.2) is 0 Å². The van der Waals surface area contributed by atoms with Crippen LogP contribution in [0.4, 0.5) is 11.4 Å². The van der Waals surface area contributed by atoms with Crippen molar-refractivity contribution < 1.29 is 9.85 Å². The van der Waals surface area contributed by atoms with Crippen LogP contribution >= 0.6 is 0 Å². The van der Waals surface area contributed by atoms with Gasteiger partial charge in [-0.1, -0.05) is 13.8 Å². The highest BCUT2D eigenvalue weighted by Gasteiger charge is 2.21. The minimum Gasteiger partial charge on any atom is -0.314 e. The molecule has 20 heavy (non-hydrogen) atoms. The van der Waals surface area contributed by atoms with Crippen LogP contribution in [0.15, 0.2) is 18.2 Å². The van der Waals surface area contributed by atoms with Crippen molar-refractivity contribution in [2.24, 2.45) is 0 Å². The molecule has 0 aliphatic carbocycles. The summed E-state index contributed by atoms with van der Waals surface area (Å²) >= 11 is 0. The topological polar surface area (TPSA) is 98.3 Å². The summed E-state index contributed by atoms with van der Waals surface area (Å²) in [6.07, 6.45) is 2.32. The van der Waals surface area contributed by atoms with Gasteiger partial charge in [0.25, 0.3) is 11.4 Å². The molecule has 1 N–H and O–H groups in total. The van der Waals surface area contributed by atoms with Crippen molar-refractivity contribution >= 4 is 11.4 Å². The number of non-ortho nitro benzene ring substituents is 1. The van der Waals surface area contributed by atoms with Crippen molar-refractivity contribution in [1.82, 2.24) is 5.32 Å². The molecule has 0 radical (unpaired) electrons. The van der Waals surface area contributed by atoms with Gasteiger partial charge in [-0.05, 0) is 31.9 Å². The Morgan fingerprint density at radius 3 is 2.40 bits per heavy atom. The zero-order valence-electron chi connectivity index (χ0n) is 11.7. The molecule has 1 aromatic rings. The normalized spacial score (nSPS) is 12.1. The summed E-state index contributed by atoms with van der Waals surface area (Å²) in [6.45, 7) is 4.90. The molecule has 1 rings (SSSR count). The van der Waals surface area contributed by atoms with E-state index in [1.165, 1.54) is 12.1 Å². The van der Waals surface area contributed by atoms with Gasteiger partial charge in [-0.25, -0.2) is 0 Å². The van der Waals surface area contributed by atoms with Crippen LogP contribution in [0.2, 0.25) is 0 Å². The molecule has 0 amide bonds. The summed E-state index contributed by atoms with van der Waals surface area (Å²) in [5.41, 5.74) is 0.0852. The Kier molecular flexibility index (Phi) is 6.05. The molecule has 0 fully saturated rings. The SMILES string of the molecule is CCCNC(CC)Cc1ccc([N+](=O)[O-])cc1[N+](=O)[O-]. The van der Waals surface area contributed by atoms with Crippen molar-refractivity contribution in [2.75, 3.05) is 6.54 Å². The molecule has 1 unspecified atom stereocenters. The monoisotopic (exact) mass is 281 g/mol. The third kappa shape index (κ3) is 4.27. The minimum absolute atomic E-state index is 0.134. The molecular weight excluding hydrogens is 262 g/mol. The zero-order chi connectivity index (χ0) is 15.1. The lowest BCUT2D eigenvalue weighted by molar-refractivity contribution is -0.394. The van der Waals surface area contributed by atoms with Gasteiger partial charge in [-0.3, -0.25) is 20.2 Å². The molecule has 1 atom stereocenters. The van der Waals surface area contributed by atoms with E-state index in [9.17, 15) is 20.2 Å². The Morgan fingerprint density at radius 1 is 1.20 bits per heavy atom. The van der Waals surface area contributed by atoms with E-state index in [1.54, 1.807) is 0 Å². The number of rotatable bonds is 8. The fourth-order valence-corrected chi connectivity index (χ4v) is 1.98. The van der Waals surface area contributed by atoms with Gasteiger partial charge in [-0.15, -0.1) is 0 Å². The highest BCUT2D eigenvalue weighted by atomic mass is 16.6. The van der Waals surface area contributed by atoms with Crippen LogP contribution in [0.3, 0.4) is 0 Å². The molecule has 0 heterocycles. The molecule has 0 aromatic heterocycles. The first-order valence-corrected chi connectivity index (χ1v) is 6.64. The van der Waals surface area contributed by atoms with Crippen LogP contribution < -0.4 is 5.32 Å². The van der Waals surface area contributed by atoms with Crippen molar-refractivity contribution in [3.8, 4) is 0 Å². The summed E-state index contributed by atoms with van der Waals surface area (Å²) < 4.78 is 0. The number of hydrogen-bond donors (Lipinski definition) is 1. The van der Waals surface area contributed by atoms with E-state index < -0.39 is 9.85 Å². The summed E-state index contributed by atoms with van der Waals surface area (Å²) in [5, 5.41) is 25.0. The first kappa shape index (κ1) is 16.0. The number of nitro groups is 2. The predicted molar refractivity (Wildman–Crippen MR) is 75.8 cm³/mol. The van der Waals surface area contributed by atoms with Gasteiger partial charge in [0.2, 0.25) is 0 Å². The van der Waals surface area contributed by atoms with Gasteiger partial charge in [-0.2, -0.15) is 0 Å². The molecule has 7 nitrogen and oxygen atoms in total. The quantitative estimate of drug-likeness (QED) is 0.583. The number of nitrogens with one attached hydrogen (secondary N) is 1. The summed E-state index contributed by atoms with van der Waals surface area (Å²) in [7, 11) is 0. The van der Waals surface area contributed by atoms with Crippen molar-refractivity contribution in [3.63, 3.8) is 0 Å². The second kappa shape index (κ2) is 7.54. The maximum Gasteiger partial charge on any atom is 0.279 e. The Labute approximate surface area is 117 Å². The lowest BCUT2D eigenvalue weighted by Crippen LogP contribution is -2.31. The minimum atomic E-state index is -0.622. The molecule has 0 saturated carbocycles. The zero-order valence-corrected chi connectivity index (χ0v) is 11.7. The largest absolute Gasteiger partial charge is 0.314 e. The summed E-state index contributed by atoms with van der Waals surface area (Å²) in [4.78, 5) is 20.5. The molecule has 0 spiro atoms. The van der Waals surface area contributed by atoms with E-state index in [2.05, 4.69) is 5.32 Å². The molecule has 1 aromatic carbocycles. The van der Waals surface area contributed by atoms with E-state index >= 15 is 0 Å². The summed E-state index contributed by atoms with van der Waals surface area (Å²) in [5.74, 6) is 0. The Bertz CT molecular complexity index is 491. The fourth-order valence-electron chi connectivity index (χ4n) is 1.98. The first-order chi connectivity index (χ1) is 9.49. The van der Waals surface area contributed by atoms with E-state index in [4.69, 9.17) is 0 Å². The van der Waals surface area contributed by atoms with Crippen molar-refractivity contribution in [2.45, 2.75) is 39.2 Å². The highest BCUT2D eigenvalue weighted by Crippen LogP contribution is 2.26. The van der Waals surface area contributed by atoms with Crippen LogP contribution in [-0.2, 0) is 6.42 Å². The fraction of sp³-hybridized carbons (Fsp3) is 0.538. The van der Waals surface area contributed by atoms with Crippen LogP contribution in [0, 0.1) is 20.2 Å². The van der Waals surface area contributed by atoms with Gasteiger partial charge in [0.1, 0.15) is 0 Å². The second-order valence-corrected chi connectivity index (χ2v) is 4.59. The van der Waals surface area contributed by atoms with Crippen LogP contribution in [-0.4, -0.2) is 22.4 Å². The molecule has 0 saturated heterocycles. The third-order valence-electron chi connectivity index (χ3n) is 3.12. The van der Waals surface area contributed by atoms with E-state index in [-0.39, 0.29) is 17.4 Å².